The van der Waals surface area contributed by atoms with Gasteiger partial charge in [0, 0.05) is 6.07 Å². The SMILES string of the molecule is COc1cccc(C(=O)Oc2ccc3c(c2)O/C(=C\c2ccc(C(C)C)cc2)C3=O)c1. The van der Waals surface area contributed by atoms with E-state index in [9.17, 15) is 9.59 Å². The number of allylic oxidation sites excluding steroid dienone is 1. The first-order valence-corrected chi connectivity index (χ1v) is 9.99. The van der Waals surface area contributed by atoms with Crippen LogP contribution in [0, 0.1) is 0 Å². The average molecular weight is 414 g/mol. The summed E-state index contributed by atoms with van der Waals surface area (Å²) in [6, 6.07) is 19.4. The molecule has 0 fully saturated rings. The number of hydrogen-bond donors (Lipinski definition) is 0. The Labute approximate surface area is 180 Å². The molecule has 0 spiro atoms. The molecule has 4 rings (SSSR count). The van der Waals surface area contributed by atoms with E-state index in [-0.39, 0.29) is 11.5 Å². The van der Waals surface area contributed by atoms with Crippen LogP contribution < -0.4 is 14.2 Å². The van der Waals surface area contributed by atoms with E-state index in [0.717, 1.165) is 5.56 Å². The summed E-state index contributed by atoms with van der Waals surface area (Å²) in [5, 5.41) is 0. The molecule has 0 unspecified atom stereocenters. The molecule has 0 N–H and O–H groups in total. The highest BCUT2D eigenvalue weighted by atomic mass is 16.5. The minimum atomic E-state index is -0.524. The maximum Gasteiger partial charge on any atom is 0.343 e. The standard InChI is InChI=1S/C26H22O5/c1-16(2)18-9-7-17(8-10-18)13-24-25(27)22-12-11-21(15-23(22)31-24)30-26(28)19-5-4-6-20(14-19)29-3/h4-16H,1-3H3/b24-13-. The Morgan fingerprint density at radius 3 is 2.45 bits per heavy atom. The number of methoxy groups -OCH3 is 1. The number of hydrogen-bond acceptors (Lipinski definition) is 5. The van der Waals surface area contributed by atoms with Crippen LogP contribution >= 0.6 is 0 Å². The van der Waals surface area contributed by atoms with Crippen LogP contribution in [0.3, 0.4) is 0 Å². The quantitative estimate of drug-likeness (QED) is 0.307. The molecule has 0 saturated heterocycles. The third-order valence-corrected chi connectivity index (χ3v) is 5.06. The van der Waals surface area contributed by atoms with Crippen LogP contribution in [0.1, 0.15) is 51.6 Å². The zero-order chi connectivity index (χ0) is 22.0. The van der Waals surface area contributed by atoms with Crippen molar-refractivity contribution in [1.82, 2.24) is 0 Å². The summed E-state index contributed by atoms with van der Waals surface area (Å²) < 4.78 is 16.3. The smallest absolute Gasteiger partial charge is 0.343 e. The lowest BCUT2D eigenvalue weighted by molar-refractivity contribution is 0.0734. The Bertz CT molecular complexity index is 1170. The Hall–Kier alpha value is -3.86. The van der Waals surface area contributed by atoms with Gasteiger partial charge in [0.1, 0.15) is 17.2 Å². The lowest BCUT2D eigenvalue weighted by atomic mass is 10.0. The average Bonchev–Trinajstić information content (AvgIpc) is 3.08. The van der Waals surface area contributed by atoms with Gasteiger partial charge in [-0.2, -0.15) is 0 Å². The van der Waals surface area contributed by atoms with Gasteiger partial charge in [-0.05, 0) is 53.5 Å². The minimum Gasteiger partial charge on any atom is -0.497 e. The van der Waals surface area contributed by atoms with Crippen LogP contribution in [0.15, 0.2) is 72.5 Å². The highest BCUT2D eigenvalue weighted by Gasteiger charge is 2.28. The number of benzene rings is 3. The molecular formula is C26H22O5. The zero-order valence-corrected chi connectivity index (χ0v) is 17.5. The number of rotatable bonds is 5. The highest BCUT2D eigenvalue weighted by Crippen LogP contribution is 2.35. The molecule has 1 heterocycles. The van der Waals surface area contributed by atoms with Crippen molar-refractivity contribution in [3.63, 3.8) is 0 Å². The van der Waals surface area contributed by atoms with Gasteiger partial charge >= 0.3 is 5.97 Å². The normalized spacial score (nSPS) is 13.8. The molecular weight excluding hydrogens is 392 g/mol. The summed E-state index contributed by atoms with van der Waals surface area (Å²) in [5.41, 5.74) is 2.91. The van der Waals surface area contributed by atoms with Gasteiger partial charge in [-0.1, -0.05) is 44.2 Å². The van der Waals surface area contributed by atoms with Crippen LogP contribution in [-0.2, 0) is 0 Å². The zero-order valence-electron chi connectivity index (χ0n) is 17.5. The van der Waals surface area contributed by atoms with E-state index in [1.54, 1.807) is 48.5 Å². The van der Waals surface area contributed by atoms with E-state index < -0.39 is 5.97 Å². The second-order valence-electron chi connectivity index (χ2n) is 7.54. The molecule has 0 amide bonds. The number of Topliss-reactive ketones (excluding diaryl/α,β-unsaturated/α-hetero) is 1. The maximum absolute atomic E-state index is 12.7. The van der Waals surface area contributed by atoms with Gasteiger partial charge in [0.15, 0.2) is 5.76 Å². The second kappa shape index (κ2) is 8.48. The summed E-state index contributed by atoms with van der Waals surface area (Å²) in [7, 11) is 1.53. The minimum absolute atomic E-state index is 0.200. The highest BCUT2D eigenvalue weighted by molar-refractivity contribution is 6.14. The largest absolute Gasteiger partial charge is 0.497 e. The fourth-order valence-electron chi connectivity index (χ4n) is 3.28. The molecule has 31 heavy (non-hydrogen) atoms. The van der Waals surface area contributed by atoms with Crippen LogP contribution in [0.2, 0.25) is 0 Å². The Kier molecular flexibility index (Phi) is 5.58. The molecule has 5 heteroatoms. The van der Waals surface area contributed by atoms with E-state index in [1.165, 1.54) is 12.7 Å². The van der Waals surface area contributed by atoms with E-state index >= 15 is 0 Å². The van der Waals surface area contributed by atoms with Gasteiger partial charge in [-0.25, -0.2) is 4.79 Å². The summed E-state index contributed by atoms with van der Waals surface area (Å²) in [4.78, 5) is 25.1. The first-order chi connectivity index (χ1) is 14.9. The first-order valence-electron chi connectivity index (χ1n) is 9.99. The molecule has 3 aromatic carbocycles. The molecule has 0 aromatic heterocycles. The molecule has 0 saturated carbocycles. The van der Waals surface area contributed by atoms with Crippen LogP contribution in [0.4, 0.5) is 0 Å². The van der Waals surface area contributed by atoms with Crippen molar-refractivity contribution in [3.8, 4) is 17.2 Å². The van der Waals surface area contributed by atoms with E-state index in [0.29, 0.717) is 34.3 Å². The maximum atomic E-state index is 12.7. The monoisotopic (exact) mass is 414 g/mol. The van der Waals surface area contributed by atoms with Gasteiger partial charge in [-0.3, -0.25) is 4.79 Å². The predicted octanol–water partition coefficient (Wildman–Crippen LogP) is 5.65. The Morgan fingerprint density at radius 2 is 1.74 bits per heavy atom. The first kappa shape index (κ1) is 20.4. The van der Waals surface area contributed by atoms with Gasteiger partial charge in [0.2, 0.25) is 5.78 Å². The van der Waals surface area contributed by atoms with Crippen molar-refractivity contribution in [2.24, 2.45) is 0 Å². The molecule has 3 aromatic rings. The summed E-state index contributed by atoms with van der Waals surface area (Å²) in [6.45, 7) is 4.26. The molecule has 0 bridgehead atoms. The summed E-state index contributed by atoms with van der Waals surface area (Å²) >= 11 is 0. The van der Waals surface area contributed by atoms with Crippen molar-refractivity contribution in [2.45, 2.75) is 19.8 Å². The van der Waals surface area contributed by atoms with E-state index in [2.05, 4.69) is 13.8 Å². The van der Waals surface area contributed by atoms with Crippen LogP contribution in [0.25, 0.3) is 6.08 Å². The molecule has 1 aliphatic rings. The van der Waals surface area contributed by atoms with Gasteiger partial charge in [-0.15, -0.1) is 0 Å². The number of esters is 1. The predicted molar refractivity (Wildman–Crippen MR) is 118 cm³/mol. The van der Waals surface area contributed by atoms with E-state index in [4.69, 9.17) is 14.2 Å². The topological polar surface area (TPSA) is 61.8 Å². The van der Waals surface area contributed by atoms with Gasteiger partial charge < -0.3 is 14.2 Å². The van der Waals surface area contributed by atoms with Crippen molar-refractivity contribution in [1.29, 1.82) is 0 Å². The Balaban J connectivity index is 1.52. The summed E-state index contributed by atoms with van der Waals surface area (Å²) in [6.07, 6.45) is 1.72. The molecule has 5 nitrogen and oxygen atoms in total. The number of ketones is 1. The third kappa shape index (κ3) is 4.36. The van der Waals surface area contributed by atoms with Crippen molar-refractivity contribution in [2.75, 3.05) is 7.11 Å². The second-order valence-corrected chi connectivity index (χ2v) is 7.54. The molecule has 0 aliphatic carbocycles. The molecule has 0 radical (unpaired) electrons. The lowest BCUT2D eigenvalue weighted by Gasteiger charge is -2.07. The lowest BCUT2D eigenvalue weighted by Crippen LogP contribution is -2.08. The van der Waals surface area contributed by atoms with Crippen LogP contribution in [-0.4, -0.2) is 18.9 Å². The van der Waals surface area contributed by atoms with Crippen LogP contribution in [0.5, 0.6) is 17.2 Å². The van der Waals surface area contributed by atoms with Crippen molar-refractivity contribution < 1.29 is 23.8 Å². The molecule has 0 atom stereocenters. The third-order valence-electron chi connectivity index (χ3n) is 5.06. The van der Waals surface area contributed by atoms with Gasteiger partial charge in [0.05, 0.1) is 18.2 Å². The number of ether oxygens (including phenoxy) is 3. The van der Waals surface area contributed by atoms with Gasteiger partial charge in [0.25, 0.3) is 0 Å². The fourth-order valence-corrected chi connectivity index (χ4v) is 3.28. The number of carbonyl (C=O) groups excluding carboxylic acids is 2. The van der Waals surface area contributed by atoms with E-state index in [1.807, 2.05) is 24.3 Å². The van der Waals surface area contributed by atoms with Crippen molar-refractivity contribution >= 4 is 17.8 Å². The molecule has 156 valence electrons. The summed E-state index contributed by atoms with van der Waals surface area (Å²) in [5.74, 6) is 1.18. The Morgan fingerprint density at radius 1 is 0.968 bits per heavy atom. The number of carbonyl (C=O) groups is 2. The molecule has 1 aliphatic heterocycles. The fraction of sp³-hybridized carbons (Fsp3) is 0.154. The van der Waals surface area contributed by atoms with Crippen molar-refractivity contribution in [3.05, 3.63) is 94.7 Å². The number of fused-ring (bicyclic) bond motifs is 1.